The minimum Gasteiger partial charge on any atom is -0.297 e. The number of pyridine rings is 1. The van der Waals surface area contributed by atoms with Gasteiger partial charge in [-0.15, -0.1) is 0 Å². The number of carbonyl (C=O) groups excluding carboxylic acids is 1. The van der Waals surface area contributed by atoms with Gasteiger partial charge in [0.1, 0.15) is 0 Å². The van der Waals surface area contributed by atoms with Crippen LogP contribution < -0.4 is 0 Å². The van der Waals surface area contributed by atoms with Gasteiger partial charge in [0, 0.05) is 18.8 Å². The molecule has 1 aromatic rings. The van der Waals surface area contributed by atoms with Crippen molar-refractivity contribution < 1.29 is 4.79 Å². The highest BCUT2D eigenvalue weighted by Crippen LogP contribution is 2.39. The molecule has 0 N–H and O–H groups in total. The Balaban J connectivity index is 1.81. The van der Waals surface area contributed by atoms with Gasteiger partial charge in [0.05, 0.1) is 10.6 Å². The van der Waals surface area contributed by atoms with Gasteiger partial charge in [-0.25, -0.2) is 0 Å². The molecule has 1 saturated carbocycles. The summed E-state index contributed by atoms with van der Waals surface area (Å²) in [5.74, 6) is 0.352. The summed E-state index contributed by atoms with van der Waals surface area (Å²) >= 11 is 6.15. The zero-order valence-electron chi connectivity index (χ0n) is 11.8. The molecule has 0 atom stereocenters. The number of carbonyl (C=O) groups is 1. The average molecular weight is 293 g/mol. The van der Waals surface area contributed by atoms with Crippen LogP contribution in [-0.2, 0) is 11.2 Å². The molecule has 1 aliphatic carbocycles. The lowest BCUT2D eigenvalue weighted by molar-refractivity contribution is -0.129. The molecular formula is C16H21ClN2O. The summed E-state index contributed by atoms with van der Waals surface area (Å²) in [5, 5.41) is 0.607. The van der Waals surface area contributed by atoms with E-state index < -0.39 is 0 Å². The van der Waals surface area contributed by atoms with Gasteiger partial charge in [-0.3, -0.25) is 14.7 Å². The fraction of sp³-hybridized carbons (Fsp3) is 0.625. The van der Waals surface area contributed by atoms with Crippen molar-refractivity contribution in [1.82, 2.24) is 9.88 Å². The Labute approximate surface area is 125 Å². The summed E-state index contributed by atoms with van der Waals surface area (Å²) in [7, 11) is 0. The summed E-state index contributed by atoms with van der Waals surface area (Å²) in [4.78, 5) is 19.4. The van der Waals surface area contributed by atoms with E-state index in [0.717, 1.165) is 31.5 Å². The molecule has 0 radical (unpaired) electrons. The first-order valence-corrected chi connectivity index (χ1v) is 7.97. The fourth-order valence-corrected chi connectivity index (χ4v) is 3.95. The van der Waals surface area contributed by atoms with E-state index in [-0.39, 0.29) is 5.54 Å². The third kappa shape index (κ3) is 2.49. The van der Waals surface area contributed by atoms with Crippen molar-refractivity contribution in [2.45, 2.75) is 50.5 Å². The fourth-order valence-electron chi connectivity index (χ4n) is 3.76. The third-order valence-electron chi connectivity index (χ3n) is 4.87. The number of hydrogen-bond acceptors (Lipinski definition) is 3. The molecule has 2 fully saturated rings. The summed E-state index contributed by atoms with van der Waals surface area (Å²) in [6.07, 6.45) is 10.6. The SMILES string of the molecule is O=C(Cc1ccncc1Cl)C1(N2CCCC2)CCCC1. The molecule has 4 heteroatoms. The molecule has 0 spiro atoms. The van der Waals surface area contributed by atoms with Crippen molar-refractivity contribution in [3.8, 4) is 0 Å². The number of Topliss-reactive ketones (excluding diaryl/α,β-unsaturated/α-hetero) is 1. The lowest BCUT2D eigenvalue weighted by Crippen LogP contribution is -2.52. The molecule has 1 aromatic heterocycles. The molecule has 0 unspecified atom stereocenters. The highest BCUT2D eigenvalue weighted by molar-refractivity contribution is 6.31. The van der Waals surface area contributed by atoms with Crippen LogP contribution in [0.15, 0.2) is 18.5 Å². The van der Waals surface area contributed by atoms with Crippen molar-refractivity contribution >= 4 is 17.4 Å². The van der Waals surface area contributed by atoms with Crippen molar-refractivity contribution in [1.29, 1.82) is 0 Å². The van der Waals surface area contributed by atoms with Gasteiger partial charge in [-0.05, 0) is 50.4 Å². The van der Waals surface area contributed by atoms with Crippen LogP contribution in [0.4, 0.5) is 0 Å². The van der Waals surface area contributed by atoms with Gasteiger partial charge in [0.15, 0.2) is 5.78 Å². The predicted octanol–water partition coefficient (Wildman–Crippen LogP) is 3.26. The summed E-state index contributed by atoms with van der Waals surface area (Å²) in [6.45, 7) is 2.16. The van der Waals surface area contributed by atoms with E-state index in [0.29, 0.717) is 17.2 Å². The van der Waals surface area contributed by atoms with E-state index in [1.54, 1.807) is 12.4 Å². The molecule has 0 aromatic carbocycles. The van der Waals surface area contributed by atoms with Gasteiger partial charge in [-0.2, -0.15) is 0 Å². The van der Waals surface area contributed by atoms with E-state index in [9.17, 15) is 4.79 Å². The minimum absolute atomic E-state index is 0.205. The summed E-state index contributed by atoms with van der Waals surface area (Å²) in [6, 6.07) is 1.87. The quantitative estimate of drug-likeness (QED) is 0.854. The lowest BCUT2D eigenvalue weighted by Gasteiger charge is -2.37. The molecular weight excluding hydrogens is 272 g/mol. The molecule has 20 heavy (non-hydrogen) atoms. The normalized spacial score (nSPS) is 22.2. The van der Waals surface area contributed by atoms with Crippen molar-refractivity contribution in [2.75, 3.05) is 13.1 Å². The van der Waals surface area contributed by atoms with Crippen LogP contribution in [-0.4, -0.2) is 34.3 Å². The standard InChI is InChI=1S/C16H21ClN2O/c17-14-12-18-8-5-13(14)11-15(20)16(6-1-2-7-16)19-9-3-4-10-19/h5,8,12H,1-4,6-7,9-11H2. The molecule has 1 saturated heterocycles. The highest BCUT2D eigenvalue weighted by Gasteiger charge is 2.46. The van der Waals surface area contributed by atoms with E-state index in [2.05, 4.69) is 9.88 Å². The Kier molecular flexibility index (Phi) is 4.08. The average Bonchev–Trinajstić information content (AvgIpc) is 3.12. The van der Waals surface area contributed by atoms with Crippen LogP contribution in [0.25, 0.3) is 0 Å². The van der Waals surface area contributed by atoms with E-state index in [4.69, 9.17) is 11.6 Å². The Morgan fingerprint density at radius 2 is 1.95 bits per heavy atom. The van der Waals surface area contributed by atoms with Gasteiger partial charge in [-0.1, -0.05) is 24.4 Å². The number of aromatic nitrogens is 1. The van der Waals surface area contributed by atoms with Crippen LogP contribution >= 0.6 is 11.6 Å². The molecule has 2 aliphatic rings. The van der Waals surface area contributed by atoms with Crippen LogP contribution in [0.1, 0.15) is 44.1 Å². The zero-order chi connectivity index (χ0) is 14.0. The second-order valence-corrected chi connectivity index (χ2v) is 6.41. The molecule has 1 aliphatic heterocycles. The molecule has 0 amide bonds. The first kappa shape index (κ1) is 14.0. The molecule has 3 rings (SSSR count). The maximum Gasteiger partial charge on any atom is 0.157 e. The Morgan fingerprint density at radius 3 is 2.60 bits per heavy atom. The van der Waals surface area contributed by atoms with Crippen molar-refractivity contribution in [3.63, 3.8) is 0 Å². The molecule has 0 bridgehead atoms. The monoisotopic (exact) mass is 292 g/mol. The van der Waals surface area contributed by atoms with E-state index >= 15 is 0 Å². The Bertz CT molecular complexity index is 491. The molecule has 108 valence electrons. The van der Waals surface area contributed by atoms with Crippen LogP contribution in [0.2, 0.25) is 5.02 Å². The van der Waals surface area contributed by atoms with Crippen LogP contribution in [0, 0.1) is 0 Å². The first-order chi connectivity index (χ1) is 9.72. The third-order valence-corrected chi connectivity index (χ3v) is 5.21. The molecule has 2 heterocycles. The maximum absolute atomic E-state index is 13.0. The first-order valence-electron chi connectivity index (χ1n) is 7.59. The van der Waals surface area contributed by atoms with E-state index in [1.807, 2.05) is 6.07 Å². The maximum atomic E-state index is 13.0. The zero-order valence-corrected chi connectivity index (χ0v) is 12.5. The summed E-state index contributed by atoms with van der Waals surface area (Å²) < 4.78 is 0. The number of hydrogen-bond donors (Lipinski definition) is 0. The minimum atomic E-state index is -0.205. The van der Waals surface area contributed by atoms with Gasteiger partial charge >= 0.3 is 0 Å². The number of halogens is 1. The highest BCUT2D eigenvalue weighted by atomic mass is 35.5. The van der Waals surface area contributed by atoms with E-state index in [1.165, 1.54) is 25.7 Å². The van der Waals surface area contributed by atoms with Crippen molar-refractivity contribution in [3.05, 3.63) is 29.0 Å². The topological polar surface area (TPSA) is 33.2 Å². The largest absolute Gasteiger partial charge is 0.297 e. The summed E-state index contributed by atoms with van der Waals surface area (Å²) in [5.41, 5.74) is 0.709. The number of rotatable bonds is 4. The lowest BCUT2D eigenvalue weighted by atomic mass is 9.86. The van der Waals surface area contributed by atoms with Crippen molar-refractivity contribution in [2.24, 2.45) is 0 Å². The number of nitrogens with zero attached hydrogens (tertiary/aromatic N) is 2. The van der Waals surface area contributed by atoms with Gasteiger partial charge in [0.25, 0.3) is 0 Å². The second-order valence-electron chi connectivity index (χ2n) is 6.00. The van der Waals surface area contributed by atoms with Crippen LogP contribution in [0.5, 0.6) is 0 Å². The Morgan fingerprint density at radius 1 is 1.25 bits per heavy atom. The van der Waals surface area contributed by atoms with Crippen LogP contribution in [0.3, 0.4) is 0 Å². The molecule has 3 nitrogen and oxygen atoms in total. The number of ketones is 1. The second kappa shape index (κ2) is 5.82. The number of likely N-dealkylation sites (tertiary alicyclic amines) is 1. The van der Waals surface area contributed by atoms with Gasteiger partial charge in [0.2, 0.25) is 0 Å². The smallest absolute Gasteiger partial charge is 0.157 e. The Hall–Kier alpha value is -0.930. The predicted molar refractivity (Wildman–Crippen MR) is 80.0 cm³/mol. The van der Waals surface area contributed by atoms with Gasteiger partial charge < -0.3 is 0 Å².